The van der Waals surface area contributed by atoms with E-state index in [1.165, 1.54) is 23.1 Å². The van der Waals surface area contributed by atoms with Crippen LogP contribution in [0.3, 0.4) is 0 Å². The van der Waals surface area contributed by atoms with Gasteiger partial charge in [0.25, 0.3) is 0 Å². The number of rotatable bonds is 7. The van der Waals surface area contributed by atoms with Gasteiger partial charge in [-0.2, -0.15) is 0 Å². The third kappa shape index (κ3) is 5.17. The van der Waals surface area contributed by atoms with Crippen LogP contribution < -0.4 is 5.73 Å². The molecule has 0 amide bonds. The number of aryl methyl sites for hydroxylation is 2. The summed E-state index contributed by atoms with van der Waals surface area (Å²) in [7, 11) is 1.38. The van der Waals surface area contributed by atoms with Gasteiger partial charge in [0, 0.05) is 4.90 Å². The fourth-order valence-corrected chi connectivity index (χ4v) is 3.09. The van der Waals surface area contributed by atoms with Crippen LogP contribution in [0.15, 0.2) is 23.1 Å². The van der Waals surface area contributed by atoms with Gasteiger partial charge in [0.05, 0.1) is 7.11 Å². The van der Waals surface area contributed by atoms with Crippen molar-refractivity contribution in [2.75, 3.05) is 12.9 Å². The van der Waals surface area contributed by atoms with Crippen molar-refractivity contribution in [1.29, 1.82) is 0 Å². The lowest BCUT2D eigenvalue weighted by molar-refractivity contribution is -0.146. The maximum atomic E-state index is 11.4. The molecule has 1 atom stereocenters. The van der Waals surface area contributed by atoms with E-state index in [0.29, 0.717) is 6.42 Å². The average Bonchev–Trinajstić information content (AvgIpc) is 2.39. The lowest BCUT2D eigenvalue weighted by Crippen LogP contribution is -2.45. The molecule has 0 saturated carbocycles. The molecule has 0 aliphatic heterocycles. The zero-order chi connectivity index (χ0) is 15.2. The summed E-state index contributed by atoms with van der Waals surface area (Å²) < 4.78 is 4.70. The number of benzene rings is 1. The summed E-state index contributed by atoms with van der Waals surface area (Å²) in [6.45, 7) is 5.98. The molecule has 0 aliphatic rings. The first kappa shape index (κ1) is 17.1. The Hall–Kier alpha value is -1.00. The zero-order valence-electron chi connectivity index (χ0n) is 12.9. The van der Waals surface area contributed by atoms with E-state index in [1.54, 1.807) is 6.92 Å². The molecule has 0 aliphatic carbocycles. The summed E-state index contributed by atoms with van der Waals surface area (Å²) in [6, 6.07) is 6.52. The number of unbranched alkanes of at least 4 members (excludes halogenated alkanes) is 1. The number of methoxy groups -OCH3 is 1. The first-order chi connectivity index (χ1) is 9.36. The van der Waals surface area contributed by atoms with Crippen molar-refractivity contribution >= 4 is 17.7 Å². The second kappa shape index (κ2) is 7.70. The predicted molar refractivity (Wildman–Crippen MR) is 85.1 cm³/mol. The monoisotopic (exact) mass is 295 g/mol. The van der Waals surface area contributed by atoms with Crippen molar-refractivity contribution in [3.05, 3.63) is 29.3 Å². The molecule has 20 heavy (non-hydrogen) atoms. The average molecular weight is 295 g/mol. The molecule has 0 bridgehead atoms. The third-order valence-corrected chi connectivity index (χ3v) is 4.59. The summed E-state index contributed by atoms with van der Waals surface area (Å²) in [4.78, 5) is 12.8. The van der Waals surface area contributed by atoms with Gasteiger partial charge in [-0.1, -0.05) is 24.1 Å². The van der Waals surface area contributed by atoms with Crippen LogP contribution in [0.25, 0.3) is 0 Å². The van der Waals surface area contributed by atoms with Crippen molar-refractivity contribution in [3.8, 4) is 0 Å². The van der Waals surface area contributed by atoms with Gasteiger partial charge in [0.15, 0.2) is 0 Å². The van der Waals surface area contributed by atoms with E-state index in [4.69, 9.17) is 10.5 Å². The van der Waals surface area contributed by atoms with E-state index < -0.39 is 5.54 Å². The lowest BCUT2D eigenvalue weighted by Gasteiger charge is -2.21. The van der Waals surface area contributed by atoms with Gasteiger partial charge >= 0.3 is 5.97 Å². The van der Waals surface area contributed by atoms with E-state index in [1.807, 2.05) is 11.8 Å². The smallest absolute Gasteiger partial charge is 0.325 e. The Morgan fingerprint density at radius 2 is 2.05 bits per heavy atom. The molecule has 1 unspecified atom stereocenters. The number of esters is 1. The van der Waals surface area contributed by atoms with E-state index in [-0.39, 0.29) is 5.97 Å². The highest BCUT2D eigenvalue weighted by molar-refractivity contribution is 7.99. The van der Waals surface area contributed by atoms with Gasteiger partial charge in [0.2, 0.25) is 0 Å². The predicted octanol–water partition coefficient (Wildman–Crippen LogP) is 3.46. The van der Waals surface area contributed by atoms with Crippen LogP contribution in [0.1, 0.15) is 37.3 Å². The van der Waals surface area contributed by atoms with Crippen LogP contribution in [-0.4, -0.2) is 24.4 Å². The molecule has 2 N–H and O–H groups in total. The van der Waals surface area contributed by atoms with E-state index in [9.17, 15) is 4.79 Å². The minimum atomic E-state index is -0.862. The number of hydrogen-bond donors (Lipinski definition) is 1. The van der Waals surface area contributed by atoms with Crippen LogP contribution in [0.4, 0.5) is 0 Å². The van der Waals surface area contributed by atoms with Crippen LogP contribution in [0.2, 0.25) is 0 Å². The van der Waals surface area contributed by atoms with Crippen molar-refractivity contribution in [1.82, 2.24) is 0 Å². The Labute approximate surface area is 126 Å². The molecule has 0 heterocycles. The van der Waals surface area contributed by atoms with E-state index >= 15 is 0 Å². The van der Waals surface area contributed by atoms with Crippen LogP contribution in [-0.2, 0) is 9.53 Å². The number of ether oxygens (including phenoxy) is 1. The highest BCUT2D eigenvalue weighted by Gasteiger charge is 2.28. The Morgan fingerprint density at radius 3 is 2.65 bits per heavy atom. The molecule has 1 aromatic carbocycles. The summed E-state index contributed by atoms with van der Waals surface area (Å²) in [6.07, 6.45) is 2.63. The standard InChI is InChI=1S/C16H25NO2S/c1-12-7-8-14(13(2)11-12)20-10-6-5-9-16(3,17)15(18)19-4/h7-8,11H,5-6,9-10,17H2,1-4H3. The Balaban J connectivity index is 2.30. The normalized spacial score (nSPS) is 13.8. The molecular formula is C16H25NO2S. The van der Waals surface area contributed by atoms with E-state index in [2.05, 4.69) is 32.0 Å². The molecule has 3 nitrogen and oxygen atoms in total. The topological polar surface area (TPSA) is 52.3 Å². The molecule has 0 saturated heterocycles. The summed E-state index contributed by atoms with van der Waals surface area (Å²) in [5.41, 5.74) is 7.68. The Kier molecular flexibility index (Phi) is 6.56. The number of carbonyl (C=O) groups is 1. The minimum Gasteiger partial charge on any atom is -0.468 e. The first-order valence-corrected chi connectivity index (χ1v) is 7.93. The van der Waals surface area contributed by atoms with Gasteiger partial charge in [-0.25, -0.2) is 0 Å². The SMILES string of the molecule is COC(=O)C(C)(N)CCCCSc1ccc(C)cc1C. The number of hydrogen-bond acceptors (Lipinski definition) is 4. The molecule has 0 fully saturated rings. The van der Waals surface area contributed by atoms with Gasteiger partial charge < -0.3 is 10.5 Å². The second-order valence-electron chi connectivity index (χ2n) is 5.48. The second-order valence-corrected chi connectivity index (χ2v) is 6.62. The fourth-order valence-electron chi connectivity index (χ4n) is 2.07. The summed E-state index contributed by atoms with van der Waals surface area (Å²) >= 11 is 1.86. The van der Waals surface area contributed by atoms with Gasteiger partial charge in [-0.15, -0.1) is 11.8 Å². The van der Waals surface area contributed by atoms with Crippen LogP contribution in [0, 0.1) is 13.8 Å². The maximum absolute atomic E-state index is 11.4. The Bertz CT molecular complexity index is 458. The molecule has 0 spiro atoms. The minimum absolute atomic E-state index is 0.334. The number of thioether (sulfide) groups is 1. The van der Waals surface area contributed by atoms with E-state index in [0.717, 1.165) is 18.6 Å². The summed E-state index contributed by atoms with van der Waals surface area (Å²) in [5.74, 6) is 0.709. The molecule has 0 radical (unpaired) electrons. The van der Waals surface area contributed by atoms with Crippen molar-refractivity contribution in [2.24, 2.45) is 5.73 Å². The van der Waals surface area contributed by atoms with Gasteiger partial charge in [-0.05, 0) is 51.0 Å². The fraction of sp³-hybridized carbons (Fsp3) is 0.562. The van der Waals surface area contributed by atoms with Crippen molar-refractivity contribution < 1.29 is 9.53 Å². The first-order valence-electron chi connectivity index (χ1n) is 6.94. The molecule has 1 rings (SSSR count). The zero-order valence-corrected chi connectivity index (χ0v) is 13.7. The highest BCUT2D eigenvalue weighted by atomic mass is 32.2. The Morgan fingerprint density at radius 1 is 1.35 bits per heavy atom. The molecule has 112 valence electrons. The van der Waals surface area contributed by atoms with Crippen LogP contribution in [0.5, 0.6) is 0 Å². The summed E-state index contributed by atoms with van der Waals surface area (Å²) in [5, 5.41) is 0. The molecule has 1 aromatic rings. The maximum Gasteiger partial charge on any atom is 0.325 e. The van der Waals surface area contributed by atoms with Crippen LogP contribution >= 0.6 is 11.8 Å². The van der Waals surface area contributed by atoms with Crippen molar-refractivity contribution in [3.63, 3.8) is 0 Å². The van der Waals surface area contributed by atoms with Gasteiger partial charge in [0.1, 0.15) is 5.54 Å². The van der Waals surface area contributed by atoms with Crippen molar-refractivity contribution in [2.45, 2.75) is 50.5 Å². The molecular weight excluding hydrogens is 270 g/mol. The highest BCUT2D eigenvalue weighted by Crippen LogP contribution is 2.25. The molecule has 4 heteroatoms. The number of nitrogens with two attached hydrogens (primary N) is 1. The van der Waals surface area contributed by atoms with Gasteiger partial charge in [-0.3, -0.25) is 4.79 Å². The largest absolute Gasteiger partial charge is 0.468 e. The lowest BCUT2D eigenvalue weighted by atomic mass is 9.97. The third-order valence-electron chi connectivity index (χ3n) is 3.33. The number of carbonyl (C=O) groups excluding carboxylic acids is 1. The molecule has 0 aromatic heterocycles. The quantitative estimate of drug-likeness (QED) is 0.475.